The van der Waals surface area contributed by atoms with E-state index in [-0.39, 0.29) is 0 Å². The highest BCUT2D eigenvalue weighted by atomic mass is 32.1. The molecule has 5 nitrogen and oxygen atoms in total. The Hall–Kier alpha value is -2.31. The van der Waals surface area contributed by atoms with Gasteiger partial charge in [-0.15, -0.1) is 26.3 Å². The van der Waals surface area contributed by atoms with Crippen molar-refractivity contribution in [3.63, 3.8) is 0 Å². The molecule has 0 saturated heterocycles. The highest BCUT2D eigenvalue weighted by Crippen LogP contribution is 2.22. The first-order chi connectivity index (χ1) is 11.4. The summed E-state index contributed by atoms with van der Waals surface area (Å²) in [5, 5.41) is 14.8. The summed E-state index contributed by atoms with van der Waals surface area (Å²) in [6.07, 6.45) is 3.35. The van der Waals surface area contributed by atoms with Gasteiger partial charge in [-0.25, -0.2) is 0 Å². The molecule has 0 bridgehead atoms. The first-order valence-corrected chi connectivity index (χ1v) is 8.55. The smallest absolute Gasteiger partial charge is 0.214 e. The van der Waals surface area contributed by atoms with E-state index in [4.69, 9.17) is 0 Å². The van der Waals surface area contributed by atoms with Gasteiger partial charge in [0.1, 0.15) is 6.67 Å². The van der Waals surface area contributed by atoms with Gasteiger partial charge in [-0.1, -0.05) is 42.5 Å². The Labute approximate surface area is 138 Å². The van der Waals surface area contributed by atoms with Crippen LogP contribution in [-0.4, -0.2) is 38.2 Å². The zero-order chi connectivity index (χ0) is 15.5. The maximum Gasteiger partial charge on any atom is 0.214 e. The summed E-state index contributed by atoms with van der Waals surface area (Å²) >= 11 is 1.63. The molecule has 2 aromatic heterocycles. The number of hydrogen-bond acceptors (Lipinski definition) is 5. The number of nitrogens with zero attached hydrogens (tertiary/aromatic N) is 5. The summed E-state index contributed by atoms with van der Waals surface area (Å²) in [6, 6.07) is 14.6. The third-order valence-electron chi connectivity index (χ3n) is 3.96. The van der Waals surface area contributed by atoms with Gasteiger partial charge < -0.3 is 0 Å². The Balaban J connectivity index is 1.41. The minimum atomic E-state index is 0.678. The summed E-state index contributed by atoms with van der Waals surface area (Å²) in [5.41, 5.74) is 2.75. The van der Waals surface area contributed by atoms with Crippen LogP contribution < -0.4 is 0 Å². The van der Waals surface area contributed by atoms with Crippen molar-refractivity contribution in [1.29, 1.82) is 0 Å². The second-order valence-corrected chi connectivity index (χ2v) is 6.47. The first-order valence-electron chi connectivity index (χ1n) is 7.67. The molecule has 116 valence electrons. The molecule has 0 unspecified atom stereocenters. The van der Waals surface area contributed by atoms with Crippen LogP contribution in [0.3, 0.4) is 0 Å². The molecule has 0 radical (unpaired) electrons. The number of benzene rings is 1. The van der Waals surface area contributed by atoms with Gasteiger partial charge in [0.25, 0.3) is 0 Å². The lowest BCUT2D eigenvalue weighted by Gasteiger charge is -2.25. The Bertz CT molecular complexity index is 792. The molecule has 23 heavy (non-hydrogen) atoms. The molecule has 0 N–H and O–H groups in total. The van der Waals surface area contributed by atoms with Crippen molar-refractivity contribution in [3.8, 4) is 10.7 Å². The van der Waals surface area contributed by atoms with Crippen LogP contribution >= 0.6 is 11.3 Å². The third-order valence-corrected chi connectivity index (χ3v) is 4.82. The Morgan fingerprint density at radius 3 is 2.74 bits per heavy atom. The SMILES string of the molecule is C1=C(c2ccccc2)CCN(Cn2nnc(-c3cccs3)n2)C1. The van der Waals surface area contributed by atoms with Crippen molar-refractivity contribution < 1.29 is 0 Å². The molecule has 6 heteroatoms. The Kier molecular flexibility index (Phi) is 4.00. The number of aromatic nitrogens is 4. The highest BCUT2D eigenvalue weighted by Gasteiger charge is 2.15. The van der Waals surface area contributed by atoms with E-state index in [1.807, 2.05) is 17.5 Å². The van der Waals surface area contributed by atoms with Gasteiger partial charge in [0.2, 0.25) is 5.82 Å². The highest BCUT2D eigenvalue weighted by molar-refractivity contribution is 7.13. The van der Waals surface area contributed by atoms with Crippen LogP contribution in [-0.2, 0) is 6.67 Å². The maximum absolute atomic E-state index is 4.47. The second kappa shape index (κ2) is 6.44. The standard InChI is InChI=1S/C17H17N5S/c1-2-5-14(6-3-1)15-8-10-21(11-9-15)13-22-19-17(18-20-22)16-7-4-12-23-16/h1-8,12H,9-11,13H2. The lowest BCUT2D eigenvalue weighted by atomic mass is 10.00. The van der Waals surface area contributed by atoms with Crippen molar-refractivity contribution >= 4 is 16.9 Å². The van der Waals surface area contributed by atoms with Crippen LogP contribution in [0.1, 0.15) is 12.0 Å². The predicted octanol–water partition coefficient (Wildman–Crippen LogP) is 3.15. The molecule has 1 aliphatic heterocycles. The molecule has 3 aromatic rings. The molecular formula is C17H17N5S. The molecule has 0 aliphatic carbocycles. The monoisotopic (exact) mass is 323 g/mol. The van der Waals surface area contributed by atoms with Gasteiger partial charge in [0, 0.05) is 13.1 Å². The lowest BCUT2D eigenvalue weighted by Crippen LogP contribution is -2.31. The fourth-order valence-electron chi connectivity index (χ4n) is 2.74. The number of rotatable bonds is 4. The van der Waals surface area contributed by atoms with Crippen LogP contribution in [0, 0.1) is 0 Å². The normalized spacial score (nSPS) is 15.6. The van der Waals surface area contributed by atoms with Crippen molar-refractivity contribution in [2.24, 2.45) is 0 Å². The van der Waals surface area contributed by atoms with Crippen molar-refractivity contribution in [2.45, 2.75) is 13.1 Å². The van der Waals surface area contributed by atoms with Crippen LogP contribution in [0.2, 0.25) is 0 Å². The molecule has 1 aliphatic rings. The summed E-state index contributed by atoms with van der Waals surface area (Å²) in [6.45, 7) is 2.60. The fourth-order valence-corrected chi connectivity index (χ4v) is 3.39. The van der Waals surface area contributed by atoms with Gasteiger partial charge in [0.05, 0.1) is 4.88 Å². The topological polar surface area (TPSA) is 46.8 Å². The molecule has 0 spiro atoms. The summed E-state index contributed by atoms with van der Waals surface area (Å²) in [7, 11) is 0. The molecular weight excluding hydrogens is 306 g/mol. The van der Waals surface area contributed by atoms with Gasteiger partial charge in [-0.2, -0.15) is 0 Å². The average Bonchev–Trinajstić information content (AvgIpc) is 3.28. The Morgan fingerprint density at radius 1 is 1.09 bits per heavy atom. The van der Waals surface area contributed by atoms with Gasteiger partial charge in [-0.3, -0.25) is 4.90 Å². The zero-order valence-electron chi connectivity index (χ0n) is 12.7. The molecule has 0 atom stereocenters. The van der Waals surface area contributed by atoms with Crippen molar-refractivity contribution in [2.75, 3.05) is 13.1 Å². The largest absolute Gasteiger partial charge is 0.279 e. The average molecular weight is 323 g/mol. The first kappa shape index (κ1) is 14.3. The third kappa shape index (κ3) is 3.23. The fraction of sp³-hybridized carbons (Fsp3) is 0.235. The number of thiophene rings is 1. The van der Waals surface area contributed by atoms with E-state index >= 15 is 0 Å². The van der Waals surface area contributed by atoms with Crippen LogP contribution in [0.15, 0.2) is 53.9 Å². The number of hydrogen-bond donors (Lipinski definition) is 0. The van der Waals surface area contributed by atoms with E-state index in [9.17, 15) is 0 Å². The van der Waals surface area contributed by atoms with E-state index in [1.165, 1.54) is 11.1 Å². The van der Waals surface area contributed by atoms with E-state index in [2.05, 4.69) is 56.7 Å². The molecule has 1 aromatic carbocycles. The number of tetrazole rings is 1. The van der Waals surface area contributed by atoms with E-state index in [1.54, 1.807) is 16.1 Å². The van der Waals surface area contributed by atoms with E-state index in [0.717, 1.165) is 24.4 Å². The minimum Gasteiger partial charge on any atom is -0.279 e. The summed E-state index contributed by atoms with van der Waals surface area (Å²) < 4.78 is 0. The van der Waals surface area contributed by atoms with Crippen molar-refractivity contribution in [1.82, 2.24) is 25.1 Å². The minimum absolute atomic E-state index is 0.678. The van der Waals surface area contributed by atoms with Crippen LogP contribution in [0.5, 0.6) is 0 Å². The second-order valence-electron chi connectivity index (χ2n) is 5.53. The quantitative estimate of drug-likeness (QED) is 0.740. The molecule has 0 fully saturated rings. The summed E-state index contributed by atoms with van der Waals surface area (Å²) in [4.78, 5) is 5.06. The molecule has 0 amide bonds. The lowest BCUT2D eigenvalue weighted by molar-refractivity contribution is 0.211. The molecule has 4 rings (SSSR count). The van der Waals surface area contributed by atoms with Crippen LogP contribution in [0.25, 0.3) is 16.3 Å². The molecule has 3 heterocycles. The molecule has 0 saturated carbocycles. The van der Waals surface area contributed by atoms with Gasteiger partial charge >= 0.3 is 0 Å². The van der Waals surface area contributed by atoms with Crippen molar-refractivity contribution in [3.05, 3.63) is 59.5 Å². The van der Waals surface area contributed by atoms with Gasteiger partial charge in [0.15, 0.2) is 0 Å². The Morgan fingerprint density at radius 2 is 2.00 bits per heavy atom. The van der Waals surface area contributed by atoms with E-state index in [0.29, 0.717) is 12.5 Å². The predicted molar refractivity (Wildman–Crippen MR) is 91.7 cm³/mol. The summed E-state index contributed by atoms with van der Waals surface area (Å²) in [5.74, 6) is 0.706. The zero-order valence-corrected chi connectivity index (χ0v) is 13.5. The van der Waals surface area contributed by atoms with E-state index < -0.39 is 0 Å². The van der Waals surface area contributed by atoms with Crippen LogP contribution in [0.4, 0.5) is 0 Å². The van der Waals surface area contributed by atoms with Gasteiger partial charge in [-0.05, 0) is 34.2 Å². The maximum atomic E-state index is 4.47.